The average molecular weight is 442 g/mol. The molecule has 0 saturated carbocycles. The summed E-state index contributed by atoms with van der Waals surface area (Å²) in [6.07, 6.45) is 6.60. The number of halogens is 1. The van der Waals surface area contributed by atoms with Gasteiger partial charge in [-0.3, -0.25) is 4.79 Å². The number of amides is 1. The number of ether oxygens (including phenoxy) is 3. The Morgan fingerprint density at radius 3 is 2.52 bits per heavy atom. The summed E-state index contributed by atoms with van der Waals surface area (Å²) in [5.41, 5.74) is 1.50. The van der Waals surface area contributed by atoms with Crippen molar-refractivity contribution in [3.8, 4) is 17.2 Å². The lowest BCUT2D eigenvalue weighted by Crippen LogP contribution is -2.30. The highest BCUT2D eigenvalue weighted by molar-refractivity contribution is 6.32. The fourth-order valence-corrected chi connectivity index (χ4v) is 3.53. The highest BCUT2D eigenvalue weighted by Crippen LogP contribution is 2.36. The first-order chi connectivity index (χ1) is 15.0. The predicted octanol–water partition coefficient (Wildman–Crippen LogP) is 4.02. The number of hydrogen-bond acceptors (Lipinski definition) is 5. The van der Waals surface area contributed by atoms with Gasteiger partial charge in [0, 0.05) is 31.1 Å². The summed E-state index contributed by atoms with van der Waals surface area (Å²) in [6.45, 7) is 0. The maximum absolute atomic E-state index is 12.8. The number of aromatic nitrogens is 2. The third-order valence-corrected chi connectivity index (χ3v) is 5.02. The zero-order chi connectivity index (χ0) is 22.4. The van der Waals surface area contributed by atoms with E-state index in [4.69, 9.17) is 25.8 Å². The van der Waals surface area contributed by atoms with Crippen molar-refractivity contribution in [2.75, 3.05) is 21.3 Å². The summed E-state index contributed by atoms with van der Waals surface area (Å²) in [6, 6.07) is 10.5. The van der Waals surface area contributed by atoms with E-state index in [1.54, 1.807) is 31.5 Å². The van der Waals surface area contributed by atoms with Gasteiger partial charge in [-0.15, -0.1) is 0 Å². The average Bonchev–Trinajstić information content (AvgIpc) is 3.21. The molecule has 1 amide bonds. The van der Waals surface area contributed by atoms with Crippen LogP contribution in [0.15, 0.2) is 54.9 Å². The number of imidazole rings is 1. The third kappa shape index (κ3) is 5.00. The Labute approximate surface area is 186 Å². The lowest BCUT2D eigenvalue weighted by atomic mass is 10.0. The Hall–Kier alpha value is -3.45. The van der Waals surface area contributed by atoms with E-state index in [0.717, 1.165) is 5.56 Å². The van der Waals surface area contributed by atoms with Crippen molar-refractivity contribution in [2.45, 2.75) is 6.04 Å². The fourth-order valence-electron chi connectivity index (χ4n) is 3.24. The van der Waals surface area contributed by atoms with Crippen LogP contribution in [0.3, 0.4) is 0 Å². The van der Waals surface area contributed by atoms with Gasteiger partial charge in [-0.1, -0.05) is 29.8 Å². The van der Waals surface area contributed by atoms with Gasteiger partial charge in [-0.05, 0) is 29.8 Å². The number of carbonyl (C=O) groups excluding carboxylic acids is 1. The van der Waals surface area contributed by atoms with Crippen LogP contribution in [0, 0.1) is 0 Å². The van der Waals surface area contributed by atoms with E-state index in [9.17, 15) is 4.79 Å². The van der Waals surface area contributed by atoms with Crippen molar-refractivity contribution in [1.82, 2.24) is 14.9 Å². The minimum atomic E-state index is -0.498. The molecule has 1 heterocycles. The molecule has 0 fully saturated rings. The second-order valence-corrected chi connectivity index (χ2v) is 7.06. The van der Waals surface area contributed by atoms with Crippen molar-refractivity contribution in [1.29, 1.82) is 0 Å². The van der Waals surface area contributed by atoms with Crippen LogP contribution in [0.5, 0.6) is 17.2 Å². The maximum atomic E-state index is 12.8. The standard InChI is InChI=1S/C23H24ClN3O4/c1-27-12-11-25-23(27)21(16-7-5-6-8-18(16)29-2)26-20(28)10-9-15-13-17(24)22(31-4)19(14-15)30-3/h5-14,21H,1-4H3,(H,26,28)/b10-9+. The molecule has 0 aliphatic carbocycles. The number of carbonyl (C=O) groups is 1. The topological polar surface area (TPSA) is 74.6 Å². The molecule has 0 saturated heterocycles. The van der Waals surface area contributed by atoms with Crippen molar-refractivity contribution in [3.63, 3.8) is 0 Å². The van der Waals surface area contributed by atoms with Gasteiger partial charge in [-0.25, -0.2) is 4.98 Å². The minimum Gasteiger partial charge on any atom is -0.496 e. The molecular formula is C23H24ClN3O4. The SMILES string of the molecule is COc1ccccc1C(NC(=O)/C=C/c1cc(Cl)c(OC)c(OC)c1)c1nccn1C. The molecule has 0 radical (unpaired) electrons. The molecule has 0 bridgehead atoms. The minimum absolute atomic E-state index is 0.301. The van der Waals surface area contributed by atoms with Gasteiger partial charge in [0.05, 0.1) is 26.4 Å². The summed E-state index contributed by atoms with van der Waals surface area (Å²) in [5.74, 6) is 1.96. The lowest BCUT2D eigenvalue weighted by molar-refractivity contribution is -0.117. The Morgan fingerprint density at radius 2 is 1.87 bits per heavy atom. The van der Waals surface area contributed by atoms with E-state index in [2.05, 4.69) is 10.3 Å². The van der Waals surface area contributed by atoms with Gasteiger partial charge in [0.15, 0.2) is 11.5 Å². The first-order valence-corrected chi connectivity index (χ1v) is 9.86. The van der Waals surface area contributed by atoms with E-state index >= 15 is 0 Å². The van der Waals surface area contributed by atoms with Gasteiger partial charge < -0.3 is 24.1 Å². The molecule has 1 atom stereocenters. The number of nitrogens with zero attached hydrogens (tertiary/aromatic N) is 2. The summed E-state index contributed by atoms with van der Waals surface area (Å²) < 4.78 is 17.9. The normalized spacial score (nSPS) is 11.9. The highest BCUT2D eigenvalue weighted by atomic mass is 35.5. The number of rotatable bonds is 8. The molecule has 162 valence electrons. The van der Waals surface area contributed by atoms with Crippen LogP contribution in [-0.4, -0.2) is 36.8 Å². The van der Waals surface area contributed by atoms with Gasteiger partial charge in [0.25, 0.3) is 0 Å². The summed E-state index contributed by atoms with van der Waals surface area (Å²) >= 11 is 6.25. The third-order valence-electron chi connectivity index (χ3n) is 4.74. The van der Waals surface area contributed by atoms with Gasteiger partial charge in [0.1, 0.15) is 17.6 Å². The van der Waals surface area contributed by atoms with Crippen LogP contribution >= 0.6 is 11.6 Å². The zero-order valence-corrected chi connectivity index (χ0v) is 18.5. The molecule has 0 spiro atoms. The van der Waals surface area contributed by atoms with Gasteiger partial charge in [-0.2, -0.15) is 0 Å². The van der Waals surface area contributed by atoms with Crippen LogP contribution in [0.2, 0.25) is 5.02 Å². The van der Waals surface area contributed by atoms with Crippen molar-refractivity contribution < 1.29 is 19.0 Å². The lowest BCUT2D eigenvalue weighted by Gasteiger charge is -2.20. The molecule has 7 nitrogen and oxygen atoms in total. The van der Waals surface area contributed by atoms with Crippen LogP contribution in [0.4, 0.5) is 0 Å². The maximum Gasteiger partial charge on any atom is 0.244 e. The molecule has 8 heteroatoms. The molecule has 0 aliphatic rings. The Morgan fingerprint density at radius 1 is 1.13 bits per heavy atom. The molecule has 2 aromatic carbocycles. The molecule has 1 N–H and O–H groups in total. The molecule has 3 aromatic rings. The monoisotopic (exact) mass is 441 g/mol. The van der Waals surface area contributed by atoms with Crippen LogP contribution in [-0.2, 0) is 11.8 Å². The first-order valence-electron chi connectivity index (χ1n) is 9.48. The van der Waals surface area contributed by atoms with Crippen LogP contribution in [0.25, 0.3) is 6.08 Å². The fraction of sp³-hybridized carbons (Fsp3) is 0.217. The second kappa shape index (κ2) is 10.0. The van der Waals surface area contributed by atoms with E-state index in [1.807, 2.05) is 42.1 Å². The molecule has 1 unspecified atom stereocenters. The van der Waals surface area contributed by atoms with Gasteiger partial charge >= 0.3 is 0 Å². The Bertz CT molecular complexity index is 1090. The molecule has 31 heavy (non-hydrogen) atoms. The van der Waals surface area contributed by atoms with Crippen molar-refractivity contribution >= 4 is 23.6 Å². The Balaban J connectivity index is 1.88. The predicted molar refractivity (Wildman–Crippen MR) is 120 cm³/mol. The molecule has 3 rings (SSSR count). The summed E-state index contributed by atoms with van der Waals surface area (Å²) in [7, 11) is 6.51. The largest absolute Gasteiger partial charge is 0.496 e. The van der Waals surface area contributed by atoms with E-state index < -0.39 is 6.04 Å². The smallest absolute Gasteiger partial charge is 0.244 e. The van der Waals surface area contributed by atoms with Crippen molar-refractivity contribution in [3.05, 3.63) is 76.8 Å². The quantitative estimate of drug-likeness (QED) is 0.534. The number of benzene rings is 2. The highest BCUT2D eigenvalue weighted by Gasteiger charge is 2.23. The number of methoxy groups -OCH3 is 3. The molecule has 1 aromatic heterocycles. The molecular weight excluding hydrogens is 418 g/mol. The van der Waals surface area contributed by atoms with Gasteiger partial charge in [0.2, 0.25) is 5.91 Å². The van der Waals surface area contributed by atoms with Crippen LogP contribution in [0.1, 0.15) is 23.0 Å². The van der Waals surface area contributed by atoms with E-state index in [-0.39, 0.29) is 5.91 Å². The second-order valence-electron chi connectivity index (χ2n) is 6.65. The van der Waals surface area contributed by atoms with Crippen molar-refractivity contribution in [2.24, 2.45) is 7.05 Å². The number of para-hydroxylation sites is 1. The number of nitrogens with one attached hydrogen (secondary N) is 1. The van der Waals surface area contributed by atoms with Crippen LogP contribution < -0.4 is 19.5 Å². The summed E-state index contributed by atoms with van der Waals surface area (Å²) in [4.78, 5) is 17.2. The number of hydrogen-bond donors (Lipinski definition) is 1. The molecule has 0 aliphatic heterocycles. The first kappa shape index (κ1) is 22.2. The number of aryl methyl sites for hydroxylation is 1. The zero-order valence-electron chi connectivity index (χ0n) is 17.8. The van der Waals surface area contributed by atoms with E-state index in [0.29, 0.717) is 33.7 Å². The Kier molecular flexibility index (Phi) is 7.20. The summed E-state index contributed by atoms with van der Waals surface area (Å²) in [5, 5.41) is 3.40. The van der Waals surface area contributed by atoms with E-state index in [1.165, 1.54) is 20.3 Å².